The highest BCUT2D eigenvalue weighted by Crippen LogP contribution is 2.25. The van der Waals surface area contributed by atoms with E-state index in [2.05, 4.69) is 4.90 Å². The fourth-order valence-corrected chi connectivity index (χ4v) is 5.05. The molecule has 3 aromatic rings. The molecule has 0 aromatic heterocycles. The van der Waals surface area contributed by atoms with Crippen LogP contribution in [0.3, 0.4) is 0 Å². The predicted octanol–water partition coefficient (Wildman–Crippen LogP) is 3.06. The van der Waals surface area contributed by atoms with Gasteiger partial charge in [-0.15, -0.1) is 0 Å². The summed E-state index contributed by atoms with van der Waals surface area (Å²) in [6, 6.07) is 16.9. The lowest BCUT2D eigenvalue weighted by molar-refractivity contribution is -0.130. The third-order valence-electron chi connectivity index (χ3n) is 6.20. The zero-order valence-electron chi connectivity index (χ0n) is 21.0. The molecule has 200 valence electrons. The fraction of sp³-hybridized carbons (Fsp3) is 0.259. The Morgan fingerprint density at radius 1 is 0.816 bits per heavy atom. The lowest BCUT2D eigenvalue weighted by Crippen LogP contribution is -2.49. The number of ether oxygens (including phenoxy) is 2. The molecule has 1 aliphatic heterocycles. The molecule has 1 fully saturated rings. The molecule has 4 rings (SSSR count). The highest BCUT2D eigenvalue weighted by atomic mass is 32.2. The lowest BCUT2D eigenvalue weighted by atomic mass is 10.1. The molecular weight excluding hydrogens is 512 g/mol. The first-order valence-electron chi connectivity index (χ1n) is 11.8. The Bertz CT molecular complexity index is 1380. The minimum atomic E-state index is -4.11. The van der Waals surface area contributed by atoms with Crippen molar-refractivity contribution in [3.05, 3.63) is 77.9 Å². The summed E-state index contributed by atoms with van der Waals surface area (Å²) in [6.07, 6.45) is 0.243. The Labute approximate surface area is 221 Å². The van der Waals surface area contributed by atoms with Crippen molar-refractivity contribution < 1.29 is 36.8 Å². The summed E-state index contributed by atoms with van der Waals surface area (Å²) in [5, 5.41) is 8.97. The second-order valence-corrected chi connectivity index (χ2v) is 10.2. The molecule has 1 N–H and O–H groups in total. The number of nitrogens with zero attached hydrogens (tertiary/aromatic N) is 2. The minimum Gasteiger partial charge on any atom is -0.497 e. The van der Waals surface area contributed by atoms with Crippen LogP contribution in [0, 0.1) is 0 Å². The highest BCUT2D eigenvalue weighted by Gasteiger charge is 2.23. The van der Waals surface area contributed by atoms with E-state index >= 15 is 0 Å². The van der Waals surface area contributed by atoms with Gasteiger partial charge < -0.3 is 28.6 Å². The van der Waals surface area contributed by atoms with Gasteiger partial charge in [0.05, 0.1) is 26.2 Å². The molecule has 0 bridgehead atoms. The number of hydrogen-bond donors (Lipinski definition) is 1. The molecule has 0 unspecified atom stereocenters. The van der Waals surface area contributed by atoms with Gasteiger partial charge in [-0.2, -0.15) is 8.42 Å². The first kappa shape index (κ1) is 26.8. The van der Waals surface area contributed by atoms with E-state index in [9.17, 15) is 18.0 Å². The van der Waals surface area contributed by atoms with Gasteiger partial charge in [-0.25, -0.2) is 4.79 Å². The van der Waals surface area contributed by atoms with Crippen LogP contribution < -0.4 is 18.6 Å². The smallest absolute Gasteiger partial charge is 0.339 e. The second kappa shape index (κ2) is 11.4. The van der Waals surface area contributed by atoms with Crippen molar-refractivity contribution in [2.75, 3.05) is 45.3 Å². The number of methoxy groups -OCH3 is 2. The molecular formula is C27H28N2O8S. The number of carbonyl (C=O) groups excluding carboxylic acids is 1. The van der Waals surface area contributed by atoms with Gasteiger partial charge in [0, 0.05) is 37.9 Å². The number of anilines is 1. The molecule has 1 amide bonds. The summed E-state index contributed by atoms with van der Waals surface area (Å²) in [6.45, 7) is 2.36. The van der Waals surface area contributed by atoms with Gasteiger partial charge in [0.25, 0.3) is 0 Å². The van der Waals surface area contributed by atoms with E-state index in [0.717, 1.165) is 11.3 Å². The Morgan fingerprint density at radius 3 is 1.92 bits per heavy atom. The largest absolute Gasteiger partial charge is 0.497 e. The number of aromatic carboxylic acids is 1. The number of piperazine rings is 1. The van der Waals surface area contributed by atoms with E-state index < -0.39 is 16.1 Å². The molecule has 0 radical (unpaired) electrons. The molecule has 11 heteroatoms. The maximum Gasteiger partial charge on any atom is 0.339 e. The van der Waals surface area contributed by atoms with Crippen LogP contribution in [0.25, 0.3) is 0 Å². The third-order valence-corrected chi connectivity index (χ3v) is 7.46. The van der Waals surface area contributed by atoms with Crippen LogP contribution in [0.2, 0.25) is 0 Å². The van der Waals surface area contributed by atoms with Gasteiger partial charge in [-0.3, -0.25) is 4.79 Å². The fourth-order valence-electron chi connectivity index (χ4n) is 4.12. The number of carboxylic acids is 1. The first-order chi connectivity index (χ1) is 18.2. The SMILES string of the molecule is COc1cc(CC(=O)N2CCN(c3ccc(OS(=O)(=O)c4ccc(C(=O)O)cc4)cc3)CC2)cc(OC)c1. The number of benzene rings is 3. The summed E-state index contributed by atoms with van der Waals surface area (Å²) in [5.41, 5.74) is 1.68. The molecule has 0 atom stereocenters. The molecule has 38 heavy (non-hydrogen) atoms. The van der Waals surface area contributed by atoms with Crippen LogP contribution in [-0.4, -0.2) is 70.7 Å². The van der Waals surface area contributed by atoms with Gasteiger partial charge in [0.1, 0.15) is 22.1 Å². The van der Waals surface area contributed by atoms with Crippen LogP contribution in [0.4, 0.5) is 5.69 Å². The van der Waals surface area contributed by atoms with Crippen LogP contribution >= 0.6 is 0 Å². The topological polar surface area (TPSA) is 123 Å². The summed E-state index contributed by atoms with van der Waals surface area (Å²) >= 11 is 0. The van der Waals surface area contributed by atoms with Gasteiger partial charge in [0.15, 0.2) is 0 Å². The van der Waals surface area contributed by atoms with Gasteiger partial charge in [0.2, 0.25) is 5.91 Å². The Morgan fingerprint density at radius 2 is 1.39 bits per heavy atom. The molecule has 0 aliphatic carbocycles. The maximum atomic E-state index is 12.9. The van der Waals surface area contributed by atoms with Gasteiger partial charge >= 0.3 is 16.1 Å². The Hall–Kier alpha value is -4.25. The Balaban J connectivity index is 1.33. The second-order valence-electron chi connectivity index (χ2n) is 8.63. The predicted molar refractivity (Wildman–Crippen MR) is 140 cm³/mol. The van der Waals surface area contributed by atoms with Crippen LogP contribution in [-0.2, 0) is 21.3 Å². The van der Waals surface area contributed by atoms with Crippen molar-refractivity contribution in [2.45, 2.75) is 11.3 Å². The molecule has 1 heterocycles. The van der Waals surface area contributed by atoms with Gasteiger partial charge in [-0.05, 0) is 66.2 Å². The monoisotopic (exact) mass is 540 g/mol. The van der Waals surface area contributed by atoms with Crippen LogP contribution in [0.5, 0.6) is 17.2 Å². The van der Waals surface area contributed by atoms with E-state index in [-0.39, 0.29) is 28.5 Å². The van der Waals surface area contributed by atoms with Gasteiger partial charge in [-0.1, -0.05) is 0 Å². The number of carbonyl (C=O) groups is 2. The van der Waals surface area contributed by atoms with Crippen molar-refractivity contribution in [2.24, 2.45) is 0 Å². The van der Waals surface area contributed by atoms with Crippen molar-refractivity contribution in [1.29, 1.82) is 0 Å². The molecule has 3 aromatic carbocycles. The highest BCUT2D eigenvalue weighted by molar-refractivity contribution is 7.87. The molecule has 0 saturated carbocycles. The van der Waals surface area contributed by atoms with Crippen LogP contribution in [0.1, 0.15) is 15.9 Å². The summed E-state index contributed by atoms with van der Waals surface area (Å²) in [7, 11) is -0.975. The number of rotatable bonds is 9. The van der Waals surface area contributed by atoms with Crippen molar-refractivity contribution in [3.8, 4) is 17.2 Å². The van der Waals surface area contributed by atoms with E-state index in [1.165, 1.54) is 24.3 Å². The number of amides is 1. The number of carboxylic acid groups (broad SMARTS) is 1. The summed E-state index contributed by atoms with van der Waals surface area (Å²) < 4.78 is 40.9. The van der Waals surface area contributed by atoms with Crippen molar-refractivity contribution in [1.82, 2.24) is 4.90 Å². The first-order valence-corrected chi connectivity index (χ1v) is 13.2. The average Bonchev–Trinajstić information content (AvgIpc) is 2.93. The van der Waals surface area contributed by atoms with E-state index in [1.807, 2.05) is 17.0 Å². The van der Waals surface area contributed by atoms with E-state index in [1.54, 1.807) is 44.6 Å². The standard InChI is InChI=1S/C27H28N2O8S/c1-35-23-15-19(16-24(18-23)36-2)17-26(30)29-13-11-28(12-14-29)21-5-7-22(8-6-21)37-38(33,34)25-9-3-20(4-10-25)27(31)32/h3-10,15-16,18H,11-14,17H2,1-2H3,(H,31,32). The molecule has 10 nitrogen and oxygen atoms in total. The maximum absolute atomic E-state index is 12.9. The zero-order chi connectivity index (χ0) is 27.3. The quantitative estimate of drug-likeness (QED) is 0.408. The summed E-state index contributed by atoms with van der Waals surface area (Å²) in [5.74, 6) is 0.277. The third kappa shape index (κ3) is 6.35. The molecule has 0 spiro atoms. The molecule has 1 saturated heterocycles. The van der Waals surface area contributed by atoms with Crippen molar-refractivity contribution in [3.63, 3.8) is 0 Å². The minimum absolute atomic E-state index is 0.0179. The Kier molecular flexibility index (Phi) is 8.06. The van der Waals surface area contributed by atoms with Crippen molar-refractivity contribution >= 4 is 27.7 Å². The van der Waals surface area contributed by atoms with Crippen LogP contribution in [0.15, 0.2) is 71.6 Å². The summed E-state index contributed by atoms with van der Waals surface area (Å²) in [4.78, 5) is 27.6. The lowest BCUT2D eigenvalue weighted by Gasteiger charge is -2.36. The zero-order valence-corrected chi connectivity index (χ0v) is 21.8. The van der Waals surface area contributed by atoms with E-state index in [0.29, 0.717) is 37.7 Å². The molecule has 1 aliphatic rings. The normalized spacial score (nSPS) is 13.6. The average molecular weight is 541 g/mol. The van der Waals surface area contributed by atoms with E-state index in [4.69, 9.17) is 18.8 Å². The number of hydrogen-bond acceptors (Lipinski definition) is 8.